The van der Waals surface area contributed by atoms with Crippen molar-refractivity contribution in [3.05, 3.63) is 23.3 Å². The number of aryl methyl sites for hydroxylation is 2. The summed E-state index contributed by atoms with van der Waals surface area (Å²) in [6, 6.07) is 2.17. The van der Waals surface area contributed by atoms with Crippen LogP contribution < -0.4 is 0 Å². The van der Waals surface area contributed by atoms with Gasteiger partial charge in [-0.05, 0) is 32.8 Å². The van der Waals surface area contributed by atoms with Crippen molar-refractivity contribution in [1.82, 2.24) is 29.4 Å². The molecule has 1 amide bonds. The molecular weight excluding hydrogens is 332 g/mol. The van der Waals surface area contributed by atoms with E-state index in [-0.39, 0.29) is 18.1 Å². The van der Waals surface area contributed by atoms with Gasteiger partial charge in [-0.3, -0.25) is 14.1 Å². The van der Waals surface area contributed by atoms with Gasteiger partial charge in [0, 0.05) is 43.6 Å². The van der Waals surface area contributed by atoms with Gasteiger partial charge < -0.3 is 10.0 Å². The number of piperazine rings is 1. The summed E-state index contributed by atoms with van der Waals surface area (Å²) in [4.78, 5) is 21.5. The van der Waals surface area contributed by atoms with E-state index in [1.54, 1.807) is 4.40 Å². The Hall–Kier alpha value is -2.06. The van der Waals surface area contributed by atoms with Crippen molar-refractivity contribution in [2.45, 2.75) is 51.7 Å². The Bertz CT molecular complexity index is 811. The Morgan fingerprint density at radius 1 is 1.12 bits per heavy atom. The van der Waals surface area contributed by atoms with Gasteiger partial charge in [0.05, 0.1) is 6.10 Å². The predicted octanol–water partition coefficient (Wildman–Crippen LogP) is 0.802. The SMILES string of the molecule is Cc1cc(C)n2c(C(=O)N3CCN([C@H]4CCCC[C@@H]4O)CC3)nnc2n1. The maximum atomic E-state index is 13.0. The largest absolute Gasteiger partial charge is 0.391 e. The Kier molecular flexibility index (Phi) is 4.62. The fraction of sp³-hybridized carbons (Fsp3) is 0.667. The van der Waals surface area contributed by atoms with E-state index in [9.17, 15) is 9.90 Å². The van der Waals surface area contributed by atoms with Gasteiger partial charge in [-0.25, -0.2) is 4.98 Å². The fourth-order valence-corrected chi connectivity index (χ4v) is 4.28. The summed E-state index contributed by atoms with van der Waals surface area (Å²) in [5, 5.41) is 18.4. The first-order chi connectivity index (χ1) is 12.5. The normalized spacial score (nSPS) is 25.0. The molecule has 2 aromatic heterocycles. The lowest BCUT2D eigenvalue weighted by Crippen LogP contribution is -2.55. The number of hydrogen-bond donors (Lipinski definition) is 1. The molecule has 4 rings (SSSR count). The Morgan fingerprint density at radius 3 is 2.58 bits per heavy atom. The number of carbonyl (C=O) groups excluding carboxylic acids is 1. The van der Waals surface area contributed by atoms with Crippen LogP contribution in [0.3, 0.4) is 0 Å². The van der Waals surface area contributed by atoms with E-state index in [0.29, 0.717) is 24.7 Å². The quantitative estimate of drug-likeness (QED) is 0.855. The molecule has 1 saturated carbocycles. The lowest BCUT2D eigenvalue weighted by atomic mass is 9.91. The summed E-state index contributed by atoms with van der Waals surface area (Å²) < 4.78 is 1.73. The number of amides is 1. The van der Waals surface area contributed by atoms with Crippen molar-refractivity contribution in [1.29, 1.82) is 0 Å². The van der Waals surface area contributed by atoms with Crippen LogP contribution >= 0.6 is 0 Å². The second kappa shape index (κ2) is 6.92. The second-order valence-corrected chi connectivity index (χ2v) is 7.45. The highest BCUT2D eigenvalue weighted by Crippen LogP contribution is 2.24. The number of fused-ring (bicyclic) bond motifs is 1. The van der Waals surface area contributed by atoms with Crippen LogP contribution in [0.25, 0.3) is 5.78 Å². The minimum atomic E-state index is -0.233. The summed E-state index contributed by atoms with van der Waals surface area (Å²) in [7, 11) is 0. The average molecular weight is 358 g/mol. The molecule has 1 saturated heterocycles. The molecule has 8 heteroatoms. The maximum Gasteiger partial charge on any atom is 0.292 e. The van der Waals surface area contributed by atoms with E-state index in [0.717, 1.165) is 43.7 Å². The number of hydrogen-bond acceptors (Lipinski definition) is 6. The van der Waals surface area contributed by atoms with Gasteiger partial charge in [-0.2, -0.15) is 0 Å². The van der Waals surface area contributed by atoms with Crippen LogP contribution in [-0.2, 0) is 0 Å². The highest BCUT2D eigenvalue weighted by Gasteiger charge is 2.33. The van der Waals surface area contributed by atoms with Gasteiger partial charge in [0.1, 0.15) is 0 Å². The van der Waals surface area contributed by atoms with Crippen LogP contribution in [0, 0.1) is 13.8 Å². The van der Waals surface area contributed by atoms with Crippen molar-refractivity contribution in [2.75, 3.05) is 26.2 Å². The third kappa shape index (κ3) is 3.07. The Labute approximate surface area is 152 Å². The molecule has 26 heavy (non-hydrogen) atoms. The number of aliphatic hydroxyl groups is 1. The number of carbonyl (C=O) groups is 1. The zero-order valence-corrected chi connectivity index (χ0v) is 15.4. The van der Waals surface area contributed by atoms with Gasteiger partial charge in [-0.1, -0.05) is 12.8 Å². The minimum Gasteiger partial charge on any atom is -0.391 e. The monoisotopic (exact) mass is 358 g/mol. The van der Waals surface area contributed by atoms with E-state index in [2.05, 4.69) is 20.1 Å². The smallest absolute Gasteiger partial charge is 0.292 e. The summed E-state index contributed by atoms with van der Waals surface area (Å²) in [6.07, 6.45) is 4.00. The third-order valence-electron chi connectivity index (χ3n) is 5.65. The number of aliphatic hydroxyl groups excluding tert-OH is 1. The Balaban J connectivity index is 1.47. The summed E-state index contributed by atoms with van der Waals surface area (Å²) >= 11 is 0. The second-order valence-electron chi connectivity index (χ2n) is 7.45. The topological polar surface area (TPSA) is 86.9 Å². The van der Waals surface area contributed by atoms with Crippen LogP contribution in [0.4, 0.5) is 0 Å². The van der Waals surface area contributed by atoms with Crippen molar-refractivity contribution >= 4 is 11.7 Å². The zero-order chi connectivity index (χ0) is 18.3. The van der Waals surface area contributed by atoms with E-state index >= 15 is 0 Å². The molecular formula is C18H26N6O2. The molecule has 2 fully saturated rings. The molecule has 1 aliphatic heterocycles. The summed E-state index contributed by atoms with van der Waals surface area (Å²) in [5.41, 5.74) is 1.77. The molecule has 1 aliphatic carbocycles. The third-order valence-corrected chi connectivity index (χ3v) is 5.65. The number of rotatable bonds is 2. The van der Waals surface area contributed by atoms with Crippen molar-refractivity contribution in [2.24, 2.45) is 0 Å². The van der Waals surface area contributed by atoms with Crippen LogP contribution in [0.15, 0.2) is 6.07 Å². The van der Waals surface area contributed by atoms with Crippen LogP contribution in [0.5, 0.6) is 0 Å². The highest BCUT2D eigenvalue weighted by molar-refractivity contribution is 5.91. The molecule has 8 nitrogen and oxygen atoms in total. The van der Waals surface area contributed by atoms with Gasteiger partial charge >= 0.3 is 0 Å². The first-order valence-corrected chi connectivity index (χ1v) is 9.45. The van der Waals surface area contributed by atoms with Gasteiger partial charge in [0.25, 0.3) is 11.7 Å². The van der Waals surface area contributed by atoms with Gasteiger partial charge in [-0.15, -0.1) is 10.2 Å². The molecule has 0 radical (unpaired) electrons. The Morgan fingerprint density at radius 2 is 1.85 bits per heavy atom. The number of nitrogens with zero attached hydrogens (tertiary/aromatic N) is 6. The molecule has 0 bridgehead atoms. The van der Waals surface area contributed by atoms with Crippen molar-refractivity contribution in [3.63, 3.8) is 0 Å². The van der Waals surface area contributed by atoms with E-state index < -0.39 is 0 Å². The molecule has 2 atom stereocenters. The maximum absolute atomic E-state index is 13.0. The molecule has 140 valence electrons. The summed E-state index contributed by atoms with van der Waals surface area (Å²) in [6.45, 7) is 6.72. The molecule has 2 aliphatic rings. The lowest BCUT2D eigenvalue weighted by molar-refractivity contribution is -0.00197. The fourth-order valence-electron chi connectivity index (χ4n) is 4.28. The minimum absolute atomic E-state index is 0.102. The van der Waals surface area contributed by atoms with Gasteiger partial charge in [0.2, 0.25) is 5.82 Å². The van der Waals surface area contributed by atoms with Crippen LogP contribution in [-0.4, -0.2) is 78.7 Å². The van der Waals surface area contributed by atoms with Crippen LogP contribution in [0.1, 0.15) is 47.7 Å². The molecule has 3 heterocycles. The molecule has 0 spiro atoms. The van der Waals surface area contributed by atoms with Crippen molar-refractivity contribution in [3.8, 4) is 0 Å². The molecule has 0 aromatic carbocycles. The van der Waals surface area contributed by atoms with Crippen molar-refractivity contribution < 1.29 is 9.90 Å². The first-order valence-electron chi connectivity index (χ1n) is 9.45. The van der Waals surface area contributed by atoms with Crippen LogP contribution in [0.2, 0.25) is 0 Å². The summed E-state index contributed by atoms with van der Waals surface area (Å²) in [5.74, 6) is 0.695. The first kappa shape index (κ1) is 17.4. The molecule has 2 aromatic rings. The highest BCUT2D eigenvalue weighted by atomic mass is 16.3. The van der Waals surface area contributed by atoms with Gasteiger partial charge in [0.15, 0.2) is 0 Å². The zero-order valence-electron chi connectivity index (χ0n) is 15.4. The van der Waals surface area contributed by atoms with E-state index in [1.807, 2.05) is 24.8 Å². The van der Waals surface area contributed by atoms with E-state index in [1.165, 1.54) is 6.42 Å². The average Bonchev–Trinajstić information content (AvgIpc) is 3.06. The lowest BCUT2D eigenvalue weighted by Gasteiger charge is -2.42. The standard InChI is InChI=1S/C18H26N6O2/c1-12-11-13(2)24-16(20-21-18(24)19-12)17(26)23-9-7-22(8-10-23)14-5-3-4-6-15(14)25/h11,14-15,25H,3-10H2,1-2H3/t14-,15-/m0/s1. The van der Waals surface area contributed by atoms with E-state index in [4.69, 9.17) is 0 Å². The predicted molar refractivity (Wildman–Crippen MR) is 96.0 cm³/mol. The number of aromatic nitrogens is 4. The molecule has 1 N–H and O–H groups in total. The molecule has 0 unspecified atom stereocenters.